The Labute approximate surface area is 132 Å². The van der Waals surface area contributed by atoms with Gasteiger partial charge < -0.3 is 13.7 Å². The first-order chi connectivity index (χ1) is 10.2. The van der Waals surface area contributed by atoms with Gasteiger partial charge in [0.05, 0.1) is 11.7 Å². The van der Waals surface area contributed by atoms with Gasteiger partial charge in [-0.05, 0) is 45.4 Å². The van der Waals surface area contributed by atoms with Gasteiger partial charge in [-0.2, -0.15) is 0 Å². The van der Waals surface area contributed by atoms with Crippen molar-refractivity contribution < 1.29 is 22.7 Å². The second kappa shape index (κ2) is 6.12. The molecule has 0 fully saturated rings. The predicted octanol–water partition coefficient (Wildman–Crippen LogP) is 2.83. The van der Waals surface area contributed by atoms with E-state index in [1.54, 1.807) is 24.3 Å². The second-order valence-electron chi connectivity index (χ2n) is 5.78. The zero-order valence-electron chi connectivity index (χ0n) is 13.3. The van der Waals surface area contributed by atoms with Gasteiger partial charge in [0, 0.05) is 6.26 Å². The van der Waals surface area contributed by atoms with Crippen LogP contribution in [0.2, 0.25) is 0 Å². The van der Waals surface area contributed by atoms with Crippen LogP contribution in [-0.2, 0) is 25.3 Å². The predicted molar refractivity (Wildman–Crippen MR) is 84.4 cm³/mol. The van der Waals surface area contributed by atoms with E-state index < -0.39 is 22.7 Å². The van der Waals surface area contributed by atoms with Gasteiger partial charge >= 0.3 is 5.97 Å². The van der Waals surface area contributed by atoms with Crippen LogP contribution in [0, 0.1) is 0 Å². The van der Waals surface area contributed by atoms with Crippen molar-refractivity contribution in [2.75, 3.05) is 6.26 Å². The maximum Gasteiger partial charge on any atom is 0.374 e. The third-order valence-electron chi connectivity index (χ3n) is 3.07. The minimum absolute atomic E-state index is 0.128. The van der Waals surface area contributed by atoms with Crippen LogP contribution in [-0.4, -0.2) is 28.1 Å². The summed E-state index contributed by atoms with van der Waals surface area (Å²) in [6.07, 6.45) is 1.33. The molecular formula is C16H20O5S. The highest BCUT2D eigenvalue weighted by molar-refractivity contribution is 7.79. The molecule has 0 aromatic heterocycles. The molecule has 1 aliphatic heterocycles. The SMILES string of the molecule is CC(C)OC1=C(c2ccc(OS(C)=O)cc2)C(C)(C)OC1=O. The zero-order valence-corrected chi connectivity index (χ0v) is 14.2. The molecule has 0 radical (unpaired) electrons. The number of cyclic esters (lactones) is 1. The fraction of sp³-hybridized carbons (Fsp3) is 0.438. The Morgan fingerprint density at radius 3 is 2.27 bits per heavy atom. The normalized spacial score (nSPS) is 18.4. The molecule has 1 aromatic rings. The average Bonchev–Trinajstić information content (AvgIpc) is 2.59. The van der Waals surface area contributed by atoms with Crippen LogP contribution in [0.15, 0.2) is 30.0 Å². The van der Waals surface area contributed by atoms with Gasteiger partial charge in [-0.15, -0.1) is 0 Å². The summed E-state index contributed by atoms with van der Waals surface area (Å²) in [4.78, 5) is 12.1. The van der Waals surface area contributed by atoms with E-state index in [1.165, 1.54) is 6.26 Å². The molecule has 0 saturated carbocycles. The number of esters is 1. The van der Waals surface area contributed by atoms with E-state index in [0.717, 1.165) is 5.56 Å². The lowest BCUT2D eigenvalue weighted by molar-refractivity contribution is -0.147. The first kappa shape index (κ1) is 16.5. The standard InChI is InChI=1S/C16H20O5S/c1-10(2)19-14-13(16(3,4)20-15(14)17)11-6-8-12(9-7-11)21-22(5)18/h6-10H,1-5H3. The summed E-state index contributed by atoms with van der Waals surface area (Å²) < 4.78 is 27.2. The number of benzene rings is 1. The van der Waals surface area contributed by atoms with E-state index in [2.05, 4.69) is 0 Å². The number of ether oxygens (including phenoxy) is 2. The van der Waals surface area contributed by atoms with Crippen molar-refractivity contribution in [1.29, 1.82) is 0 Å². The van der Waals surface area contributed by atoms with Crippen LogP contribution in [0.5, 0.6) is 5.75 Å². The molecule has 1 aromatic carbocycles. The van der Waals surface area contributed by atoms with Crippen molar-refractivity contribution in [2.24, 2.45) is 0 Å². The molecule has 22 heavy (non-hydrogen) atoms. The van der Waals surface area contributed by atoms with Crippen LogP contribution >= 0.6 is 0 Å². The van der Waals surface area contributed by atoms with Crippen molar-refractivity contribution in [2.45, 2.75) is 39.4 Å². The molecule has 1 atom stereocenters. The number of carbonyl (C=O) groups excluding carboxylic acids is 1. The molecule has 0 aliphatic carbocycles. The van der Waals surface area contributed by atoms with Crippen molar-refractivity contribution in [3.8, 4) is 5.75 Å². The fourth-order valence-electron chi connectivity index (χ4n) is 2.34. The van der Waals surface area contributed by atoms with Crippen molar-refractivity contribution in [1.82, 2.24) is 0 Å². The monoisotopic (exact) mass is 324 g/mol. The van der Waals surface area contributed by atoms with Gasteiger partial charge in [-0.1, -0.05) is 12.1 Å². The second-order valence-corrected chi connectivity index (χ2v) is 6.75. The Balaban J connectivity index is 2.43. The first-order valence-electron chi connectivity index (χ1n) is 6.97. The number of rotatable bonds is 5. The first-order valence-corrected chi connectivity index (χ1v) is 8.46. The van der Waals surface area contributed by atoms with Gasteiger partial charge in [0.2, 0.25) is 16.8 Å². The van der Waals surface area contributed by atoms with E-state index in [1.807, 2.05) is 27.7 Å². The minimum atomic E-state index is -1.38. The molecule has 6 heteroatoms. The van der Waals surface area contributed by atoms with E-state index in [0.29, 0.717) is 11.3 Å². The van der Waals surface area contributed by atoms with Crippen molar-refractivity contribution >= 4 is 22.6 Å². The molecule has 0 N–H and O–H groups in total. The van der Waals surface area contributed by atoms with E-state index in [-0.39, 0.29) is 11.9 Å². The number of hydrogen-bond donors (Lipinski definition) is 0. The van der Waals surface area contributed by atoms with Crippen LogP contribution in [0.25, 0.3) is 5.57 Å². The van der Waals surface area contributed by atoms with Gasteiger partial charge in [-0.3, -0.25) is 0 Å². The Kier molecular flexibility index (Phi) is 4.60. The van der Waals surface area contributed by atoms with Gasteiger partial charge in [-0.25, -0.2) is 9.00 Å². The topological polar surface area (TPSA) is 61.8 Å². The summed E-state index contributed by atoms with van der Waals surface area (Å²) in [5.41, 5.74) is 0.744. The summed E-state index contributed by atoms with van der Waals surface area (Å²) in [6, 6.07) is 7.00. The summed E-state index contributed by atoms with van der Waals surface area (Å²) in [6.45, 7) is 7.36. The lowest BCUT2D eigenvalue weighted by Crippen LogP contribution is -2.22. The molecule has 0 bridgehead atoms. The molecule has 0 amide bonds. The summed E-state index contributed by atoms with van der Waals surface area (Å²) in [7, 11) is 0. The third-order valence-corrected chi connectivity index (χ3v) is 3.50. The molecule has 120 valence electrons. The number of hydrogen-bond acceptors (Lipinski definition) is 5. The number of carbonyl (C=O) groups is 1. The Morgan fingerprint density at radius 1 is 1.18 bits per heavy atom. The lowest BCUT2D eigenvalue weighted by Gasteiger charge is -2.21. The fourth-order valence-corrected chi connectivity index (χ4v) is 2.72. The van der Waals surface area contributed by atoms with E-state index in [9.17, 15) is 9.00 Å². The van der Waals surface area contributed by atoms with Crippen LogP contribution < -0.4 is 4.18 Å². The molecule has 0 saturated heterocycles. The zero-order chi connectivity index (χ0) is 16.5. The van der Waals surface area contributed by atoms with E-state index in [4.69, 9.17) is 13.7 Å². The molecule has 1 heterocycles. The van der Waals surface area contributed by atoms with Crippen LogP contribution in [0.4, 0.5) is 0 Å². The minimum Gasteiger partial charge on any atom is -0.484 e. The van der Waals surface area contributed by atoms with Crippen molar-refractivity contribution in [3.05, 3.63) is 35.6 Å². The van der Waals surface area contributed by atoms with Gasteiger partial charge in [0.25, 0.3) is 0 Å². The summed E-state index contributed by atoms with van der Waals surface area (Å²) in [5.74, 6) is 0.288. The molecule has 1 aliphatic rings. The maximum absolute atomic E-state index is 12.1. The summed E-state index contributed by atoms with van der Waals surface area (Å²) in [5, 5.41) is 0. The molecule has 0 spiro atoms. The van der Waals surface area contributed by atoms with Crippen LogP contribution in [0.3, 0.4) is 0 Å². The molecule has 2 rings (SSSR count). The maximum atomic E-state index is 12.1. The highest BCUT2D eigenvalue weighted by atomic mass is 32.2. The Morgan fingerprint density at radius 2 is 1.77 bits per heavy atom. The van der Waals surface area contributed by atoms with Crippen molar-refractivity contribution in [3.63, 3.8) is 0 Å². The smallest absolute Gasteiger partial charge is 0.374 e. The Bertz CT molecular complexity index is 628. The third kappa shape index (κ3) is 3.50. The highest BCUT2D eigenvalue weighted by Crippen LogP contribution is 2.40. The largest absolute Gasteiger partial charge is 0.484 e. The summed E-state index contributed by atoms with van der Waals surface area (Å²) >= 11 is -1.38. The molecular weight excluding hydrogens is 304 g/mol. The molecule has 1 unspecified atom stereocenters. The molecule has 5 nitrogen and oxygen atoms in total. The lowest BCUT2D eigenvalue weighted by atomic mass is 9.91. The van der Waals surface area contributed by atoms with E-state index >= 15 is 0 Å². The average molecular weight is 324 g/mol. The highest BCUT2D eigenvalue weighted by Gasteiger charge is 2.43. The van der Waals surface area contributed by atoms with Gasteiger partial charge in [0.1, 0.15) is 11.4 Å². The van der Waals surface area contributed by atoms with Gasteiger partial charge in [0.15, 0.2) is 0 Å². The quantitative estimate of drug-likeness (QED) is 0.779. The Hall–Kier alpha value is -1.82. The van der Waals surface area contributed by atoms with Crippen LogP contribution in [0.1, 0.15) is 33.3 Å².